The molecule has 2 rings (SSSR count). The lowest BCUT2D eigenvalue weighted by molar-refractivity contribution is 0.299. The lowest BCUT2D eigenvalue weighted by Gasteiger charge is -2.02. The lowest BCUT2D eigenvalue weighted by atomic mass is 10.3. The Balaban J connectivity index is 1.98. The third kappa shape index (κ3) is 2.10. The van der Waals surface area contributed by atoms with Crippen LogP contribution < -0.4 is 4.74 Å². The molecule has 0 saturated carbocycles. The minimum atomic E-state index is -0.317. The van der Waals surface area contributed by atoms with Gasteiger partial charge in [-0.15, -0.1) is 0 Å². The average Bonchev–Trinajstić information content (AvgIpc) is 2.67. The van der Waals surface area contributed by atoms with Gasteiger partial charge in [0.25, 0.3) is 0 Å². The maximum absolute atomic E-state index is 12.7. The summed E-state index contributed by atoms with van der Waals surface area (Å²) in [6.45, 7) is 0.278. The highest BCUT2D eigenvalue weighted by molar-refractivity contribution is 5.22. The molecule has 0 unspecified atom stereocenters. The van der Waals surface area contributed by atoms with Crippen molar-refractivity contribution in [3.8, 4) is 5.75 Å². The van der Waals surface area contributed by atoms with Crippen LogP contribution in [0.15, 0.2) is 41.3 Å². The minimum absolute atomic E-state index is 0.278. The molecule has 0 aliphatic carbocycles. The van der Waals surface area contributed by atoms with E-state index in [0.717, 1.165) is 0 Å². The van der Waals surface area contributed by atoms with Crippen LogP contribution in [0.5, 0.6) is 5.75 Å². The second kappa shape index (κ2) is 3.91. The number of hydrogen-bond acceptors (Lipinski definition) is 3. The van der Waals surface area contributed by atoms with Gasteiger partial charge in [0.2, 0.25) is 0 Å². The van der Waals surface area contributed by atoms with E-state index in [2.05, 4.69) is 4.98 Å². The molecule has 0 saturated heterocycles. The molecule has 0 aliphatic rings. The number of rotatable bonds is 3. The molecule has 1 aromatic heterocycles. The van der Waals surface area contributed by atoms with Gasteiger partial charge in [-0.2, -0.15) is 0 Å². The van der Waals surface area contributed by atoms with Gasteiger partial charge >= 0.3 is 0 Å². The molecule has 4 heteroatoms. The Morgan fingerprint density at radius 1 is 1.43 bits per heavy atom. The fraction of sp³-hybridized carbons (Fsp3) is 0.100. The molecule has 2 aromatic rings. The van der Waals surface area contributed by atoms with E-state index in [-0.39, 0.29) is 12.4 Å². The van der Waals surface area contributed by atoms with Crippen molar-refractivity contribution in [3.63, 3.8) is 0 Å². The molecule has 14 heavy (non-hydrogen) atoms. The highest BCUT2D eigenvalue weighted by atomic mass is 19.1. The second-order valence-corrected chi connectivity index (χ2v) is 2.73. The maximum atomic E-state index is 12.7. The van der Waals surface area contributed by atoms with Crippen molar-refractivity contribution in [2.24, 2.45) is 0 Å². The molecule has 0 bridgehead atoms. The van der Waals surface area contributed by atoms with Crippen LogP contribution in [0.4, 0.5) is 4.39 Å². The first-order chi connectivity index (χ1) is 6.84. The molecule has 0 atom stereocenters. The monoisotopic (exact) mass is 193 g/mol. The summed E-state index contributed by atoms with van der Waals surface area (Å²) < 4.78 is 22.7. The molecule has 0 spiro atoms. The highest BCUT2D eigenvalue weighted by Crippen LogP contribution is 2.13. The molecular weight excluding hydrogens is 185 g/mol. The van der Waals surface area contributed by atoms with Crippen LogP contribution in [0, 0.1) is 5.82 Å². The van der Waals surface area contributed by atoms with E-state index in [1.807, 2.05) is 0 Å². The Labute approximate surface area is 80.1 Å². The van der Waals surface area contributed by atoms with Gasteiger partial charge in [-0.05, 0) is 12.1 Å². The minimum Gasteiger partial charge on any atom is -0.487 e. The SMILES string of the molecule is Fc1cccc(OCc2cocn2)c1. The van der Waals surface area contributed by atoms with Crippen LogP contribution in [0.2, 0.25) is 0 Å². The molecule has 3 nitrogen and oxygen atoms in total. The highest BCUT2D eigenvalue weighted by Gasteiger charge is 1.98. The first-order valence-electron chi connectivity index (χ1n) is 4.10. The first kappa shape index (κ1) is 8.74. The van der Waals surface area contributed by atoms with E-state index in [0.29, 0.717) is 11.4 Å². The predicted molar refractivity (Wildman–Crippen MR) is 47.2 cm³/mol. The van der Waals surface area contributed by atoms with Crippen molar-refractivity contribution >= 4 is 0 Å². The van der Waals surface area contributed by atoms with Gasteiger partial charge in [-0.25, -0.2) is 9.37 Å². The molecule has 1 aromatic carbocycles. The average molecular weight is 193 g/mol. The standard InChI is InChI=1S/C10H8FNO2/c11-8-2-1-3-10(4-8)14-6-9-5-13-7-12-9/h1-5,7H,6H2. The van der Waals surface area contributed by atoms with Gasteiger partial charge in [0.15, 0.2) is 6.39 Å². The molecule has 0 N–H and O–H groups in total. The summed E-state index contributed by atoms with van der Waals surface area (Å²) >= 11 is 0. The van der Waals surface area contributed by atoms with E-state index >= 15 is 0 Å². The number of nitrogens with zero attached hydrogens (tertiary/aromatic N) is 1. The van der Waals surface area contributed by atoms with Gasteiger partial charge in [-0.3, -0.25) is 0 Å². The lowest BCUT2D eigenvalue weighted by Crippen LogP contribution is -1.95. The van der Waals surface area contributed by atoms with Crippen LogP contribution in [-0.4, -0.2) is 4.98 Å². The Morgan fingerprint density at radius 2 is 2.36 bits per heavy atom. The van der Waals surface area contributed by atoms with Crippen molar-refractivity contribution in [2.45, 2.75) is 6.61 Å². The van der Waals surface area contributed by atoms with Gasteiger partial charge in [0.05, 0.1) is 0 Å². The fourth-order valence-corrected chi connectivity index (χ4v) is 1.02. The summed E-state index contributed by atoms with van der Waals surface area (Å²) in [6.07, 6.45) is 2.81. The summed E-state index contributed by atoms with van der Waals surface area (Å²) in [4.78, 5) is 3.87. The molecular formula is C10H8FNO2. The molecule has 0 amide bonds. The van der Waals surface area contributed by atoms with E-state index in [9.17, 15) is 4.39 Å². The molecule has 72 valence electrons. The number of oxazole rings is 1. The Kier molecular flexibility index (Phi) is 2.44. The van der Waals surface area contributed by atoms with E-state index in [4.69, 9.17) is 9.15 Å². The fourth-order valence-electron chi connectivity index (χ4n) is 1.02. The van der Waals surface area contributed by atoms with Gasteiger partial charge in [0.1, 0.15) is 30.1 Å². The normalized spacial score (nSPS) is 10.1. The number of hydrogen-bond donors (Lipinski definition) is 0. The summed E-state index contributed by atoms with van der Waals surface area (Å²) in [5.74, 6) is 0.163. The third-order valence-electron chi connectivity index (χ3n) is 1.67. The number of benzene rings is 1. The van der Waals surface area contributed by atoms with Crippen molar-refractivity contribution in [1.82, 2.24) is 4.98 Å². The smallest absolute Gasteiger partial charge is 0.180 e. The topological polar surface area (TPSA) is 35.3 Å². The summed E-state index contributed by atoms with van der Waals surface area (Å²) in [5.41, 5.74) is 0.675. The Hall–Kier alpha value is -1.84. The van der Waals surface area contributed by atoms with Crippen LogP contribution in [0.25, 0.3) is 0 Å². The zero-order valence-electron chi connectivity index (χ0n) is 7.31. The zero-order chi connectivity index (χ0) is 9.80. The molecule has 0 aliphatic heterocycles. The Morgan fingerprint density at radius 3 is 3.07 bits per heavy atom. The van der Waals surface area contributed by atoms with Gasteiger partial charge in [-0.1, -0.05) is 6.07 Å². The van der Waals surface area contributed by atoms with Crippen molar-refractivity contribution in [1.29, 1.82) is 0 Å². The van der Waals surface area contributed by atoms with Gasteiger partial charge < -0.3 is 9.15 Å². The van der Waals surface area contributed by atoms with E-state index in [1.165, 1.54) is 24.8 Å². The van der Waals surface area contributed by atoms with Gasteiger partial charge in [0, 0.05) is 6.07 Å². The maximum Gasteiger partial charge on any atom is 0.180 e. The van der Waals surface area contributed by atoms with Crippen LogP contribution >= 0.6 is 0 Å². The molecule has 1 heterocycles. The van der Waals surface area contributed by atoms with Crippen molar-refractivity contribution in [2.75, 3.05) is 0 Å². The van der Waals surface area contributed by atoms with Crippen LogP contribution in [-0.2, 0) is 6.61 Å². The summed E-state index contributed by atoms with van der Waals surface area (Å²) in [6, 6.07) is 5.96. The summed E-state index contributed by atoms with van der Waals surface area (Å²) in [7, 11) is 0. The van der Waals surface area contributed by atoms with E-state index < -0.39 is 0 Å². The predicted octanol–water partition coefficient (Wildman–Crippen LogP) is 2.39. The largest absolute Gasteiger partial charge is 0.487 e. The van der Waals surface area contributed by atoms with Crippen molar-refractivity contribution in [3.05, 3.63) is 48.4 Å². The molecule has 0 radical (unpaired) electrons. The summed E-state index contributed by atoms with van der Waals surface area (Å²) in [5, 5.41) is 0. The Bertz CT molecular complexity index is 400. The third-order valence-corrected chi connectivity index (χ3v) is 1.67. The van der Waals surface area contributed by atoms with E-state index in [1.54, 1.807) is 12.1 Å². The second-order valence-electron chi connectivity index (χ2n) is 2.73. The van der Waals surface area contributed by atoms with Crippen LogP contribution in [0.1, 0.15) is 5.69 Å². The zero-order valence-corrected chi connectivity index (χ0v) is 7.31. The van der Waals surface area contributed by atoms with Crippen molar-refractivity contribution < 1.29 is 13.5 Å². The first-order valence-corrected chi connectivity index (χ1v) is 4.10. The quantitative estimate of drug-likeness (QED) is 0.750. The molecule has 0 fully saturated rings. The number of aromatic nitrogens is 1. The van der Waals surface area contributed by atoms with Crippen LogP contribution in [0.3, 0.4) is 0 Å². The number of halogens is 1. The number of ether oxygens (including phenoxy) is 1.